The number of benzene rings is 3. The normalized spacial score (nSPS) is 24.0. The summed E-state index contributed by atoms with van der Waals surface area (Å²) in [5, 5.41) is 0. The summed E-state index contributed by atoms with van der Waals surface area (Å²) in [4.78, 5) is 0. The van der Waals surface area contributed by atoms with E-state index in [2.05, 4.69) is 30.8 Å². The van der Waals surface area contributed by atoms with Crippen LogP contribution in [0.15, 0.2) is 73.3 Å². The van der Waals surface area contributed by atoms with Crippen molar-refractivity contribution in [1.82, 2.24) is 0 Å². The SMILES string of the molecule is C=CC1CCC(C2CCC(c3ccc(-c4ccc(-c5ccc(OCC)c(F)c5F)cc4)cc3)CC2)OC1. The van der Waals surface area contributed by atoms with Crippen LogP contribution in [0.2, 0.25) is 0 Å². The van der Waals surface area contributed by atoms with Crippen LogP contribution in [0.3, 0.4) is 0 Å². The molecule has 2 aliphatic rings. The Morgan fingerprint density at radius 1 is 0.811 bits per heavy atom. The molecule has 2 unspecified atom stereocenters. The van der Waals surface area contributed by atoms with Gasteiger partial charge in [0.05, 0.1) is 19.3 Å². The van der Waals surface area contributed by atoms with Gasteiger partial charge in [-0.1, -0.05) is 54.6 Å². The first-order valence-electron chi connectivity index (χ1n) is 13.6. The van der Waals surface area contributed by atoms with Crippen LogP contribution >= 0.6 is 0 Å². The lowest BCUT2D eigenvalue weighted by Gasteiger charge is -2.37. The largest absolute Gasteiger partial charge is 0.491 e. The number of hydrogen-bond donors (Lipinski definition) is 0. The minimum atomic E-state index is -0.944. The van der Waals surface area contributed by atoms with Gasteiger partial charge in [0.2, 0.25) is 5.82 Å². The molecule has 37 heavy (non-hydrogen) atoms. The Labute approximate surface area is 219 Å². The molecule has 194 valence electrons. The topological polar surface area (TPSA) is 18.5 Å². The van der Waals surface area contributed by atoms with Crippen molar-refractivity contribution < 1.29 is 18.3 Å². The maximum Gasteiger partial charge on any atom is 0.201 e. The van der Waals surface area contributed by atoms with Gasteiger partial charge >= 0.3 is 0 Å². The van der Waals surface area contributed by atoms with Gasteiger partial charge in [-0.05, 0) is 91.7 Å². The summed E-state index contributed by atoms with van der Waals surface area (Å²) in [7, 11) is 0. The zero-order valence-electron chi connectivity index (χ0n) is 21.6. The Balaban J connectivity index is 1.20. The Morgan fingerprint density at radius 2 is 1.46 bits per heavy atom. The Kier molecular flexibility index (Phi) is 8.05. The summed E-state index contributed by atoms with van der Waals surface area (Å²) in [5.74, 6) is -0.0609. The lowest BCUT2D eigenvalue weighted by Crippen LogP contribution is -2.33. The lowest BCUT2D eigenvalue weighted by atomic mass is 9.75. The highest BCUT2D eigenvalue weighted by molar-refractivity contribution is 5.71. The monoisotopic (exact) mass is 502 g/mol. The molecule has 3 aromatic carbocycles. The van der Waals surface area contributed by atoms with Crippen LogP contribution < -0.4 is 4.74 Å². The lowest BCUT2D eigenvalue weighted by molar-refractivity contribution is -0.0469. The third kappa shape index (κ3) is 5.65. The molecule has 1 saturated heterocycles. The highest BCUT2D eigenvalue weighted by Gasteiger charge is 2.31. The van der Waals surface area contributed by atoms with Crippen molar-refractivity contribution in [3.8, 4) is 28.0 Å². The second kappa shape index (κ2) is 11.6. The van der Waals surface area contributed by atoms with Gasteiger partial charge in [-0.25, -0.2) is 4.39 Å². The standard InChI is InChI=1S/C33H36F2O2/c1-3-22-5-19-30(37-21-22)28-16-12-26(13-17-28)24-8-6-23(7-9-24)25-10-14-27(15-11-25)29-18-20-31(36-4-2)33(35)32(29)34/h3,6-11,14-15,18,20,22,26,28,30H,1,4-5,12-13,16-17,19,21H2,2H3. The van der Waals surface area contributed by atoms with E-state index in [0.29, 0.717) is 29.4 Å². The van der Waals surface area contributed by atoms with Crippen molar-refractivity contribution in [2.75, 3.05) is 13.2 Å². The molecule has 1 aliphatic carbocycles. The van der Waals surface area contributed by atoms with E-state index in [1.807, 2.05) is 30.3 Å². The van der Waals surface area contributed by atoms with Crippen LogP contribution in [0.25, 0.3) is 22.3 Å². The molecule has 0 N–H and O–H groups in total. The van der Waals surface area contributed by atoms with Gasteiger partial charge in [0.15, 0.2) is 11.6 Å². The summed E-state index contributed by atoms with van der Waals surface area (Å²) in [6.45, 7) is 6.78. The van der Waals surface area contributed by atoms with Gasteiger partial charge in [0, 0.05) is 11.5 Å². The molecule has 0 bridgehead atoms. The molecule has 2 fully saturated rings. The van der Waals surface area contributed by atoms with E-state index in [-0.39, 0.29) is 17.9 Å². The summed E-state index contributed by atoms with van der Waals surface area (Å²) in [6, 6.07) is 19.5. The van der Waals surface area contributed by atoms with E-state index in [1.54, 1.807) is 13.0 Å². The van der Waals surface area contributed by atoms with Crippen LogP contribution in [-0.4, -0.2) is 19.3 Å². The number of rotatable bonds is 7. The summed E-state index contributed by atoms with van der Waals surface area (Å²) in [5.41, 5.74) is 4.45. The maximum atomic E-state index is 14.6. The van der Waals surface area contributed by atoms with Crippen molar-refractivity contribution in [1.29, 1.82) is 0 Å². The Morgan fingerprint density at radius 3 is 2.05 bits per heavy atom. The fraction of sp³-hybridized carbons (Fsp3) is 0.394. The second-order valence-electron chi connectivity index (χ2n) is 10.4. The van der Waals surface area contributed by atoms with E-state index in [9.17, 15) is 8.78 Å². The average molecular weight is 503 g/mol. The van der Waals surface area contributed by atoms with Crippen molar-refractivity contribution >= 4 is 0 Å². The van der Waals surface area contributed by atoms with Crippen LogP contribution in [0.5, 0.6) is 5.75 Å². The van der Waals surface area contributed by atoms with E-state index in [4.69, 9.17) is 9.47 Å². The van der Waals surface area contributed by atoms with Crippen LogP contribution in [0.4, 0.5) is 8.78 Å². The van der Waals surface area contributed by atoms with Crippen LogP contribution in [0, 0.1) is 23.5 Å². The molecular weight excluding hydrogens is 466 g/mol. The Hall–Kier alpha value is -2.98. The third-order valence-electron chi connectivity index (χ3n) is 8.24. The minimum absolute atomic E-state index is 0.0575. The highest BCUT2D eigenvalue weighted by Crippen LogP contribution is 2.40. The van der Waals surface area contributed by atoms with E-state index in [1.165, 1.54) is 50.2 Å². The molecule has 5 rings (SSSR count). The van der Waals surface area contributed by atoms with E-state index < -0.39 is 11.6 Å². The first kappa shape index (κ1) is 25.7. The molecule has 0 spiro atoms. The molecule has 2 nitrogen and oxygen atoms in total. The molecule has 0 radical (unpaired) electrons. The molecule has 1 aliphatic heterocycles. The van der Waals surface area contributed by atoms with Gasteiger partial charge in [0.1, 0.15) is 0 Å². The summed E-state index contributed by atoms with van der Waals surface area (Å²) < 4.78 is 40.2. The van der Waals surface area contributed by atoms with Gasteiger partial charge in [-0.3, -0.25) is 0 Å². The predicted molar refractivity (Wildman–Crippen MR) is 146 cm³/mol. The smallest absolute Gasteiger partial charge is 0.201 e. The molecule has 3 aromatic rings. The number of halogens is 2. The maximum absolute atomic E-state index is 14.6. The number of ether oxygens (including phenoxy) is 2. The van der Waals surface area contributed by atoms with E-state index >= 15 is 0 Å². The van der Waals surface area contributed by atoms with Gasteiger partial charge in [-0.2, -0.15) is 4.39 Å². The molecule has 4 heteroatoms. The van der Waals surface area contributed by atoms with Crippen LogP contribution in [-0.2, 0) is 4.74 Å². The van der Waals surface area contributed by atoms with Crippen molar-refractivity contribution in [3.05, 3.63) is 90.5 Å². The van der Waals surface area contributed by atoms with Crippen molar-refractivity contribution in [2.24, 2.45) is 11.8 Å². The zero-order valence-corrected chi connectivity index (χ0v) is 21.6. The van der Waals surface area contributed by atoms with Gasteiger partial charge in [0.25, 0.3) is 0 Å². The molecule has 1 heterocycles. The van der Waals surface area contributed by atoms with Crippen molar-refractivity contribution in [3.63, 3.8) is 0 Å². The minimum Gasteiger partial charge on any atom is -0.491 e. The third-order valence-corrected chi connectivity index (χ3v) is 8.24. The summed E-state index contributed by atoms with van der Waals surface area (Å²) >= 11 is 0. The fourth-order valence-corrected chi connectivity index (χ4v) is 5.99. The quantitative estimate of drug-likeness (QED) is 0.300. The molecule has 0 amide bonds. The fourth-order valence-electron chi connectivity index (χ4n) is 5.99. The van der Waals surface area contributed by atoms with Crippen LogP contribution in [0.1, 0.15) is 56.9 Å². The summed E-state index contributed by atoms with van der Waals surface area (Å²) in [6.07, 6.45) is 9.74. The molecular formula is C33H36F2O2. The van der Waals surface area contributed by atoms with Crippen molar-refractivity contribution in [2.45, 2.75) is 57.5 Å². The predicted octanol–water partition coefficient (Wildman–Crippen LogP) is 8.95. The number of hydrogen-bond acceptors (Lipinski definition) is 2. The first-order chi connectivity index (χ1) is 18.1. The average Bonchev–Trinajstić information content (AvgIpc) is 2.96. The second-order valence-corrected chi connectivity index (χ2v) is 10.4. The highest BCUT2D eigenvalue weighted by atomic mass is 19.2. The Bertz CT molecular complexity index is 1190. The molecule has 1 saturated carbocycles. The first-order valence-corrected chi connectivity index (χ1v) is 13.6. The van der Waals surface area contributed by atoms with Gasteiger partial charge in [-0.15, -0.1) is 6.58 Å². The van der Waals surface area contributed by atoms with E-state index in [0.717, 1.165) is 17.7 Å². The molecule has 0 aromatic heterocycles. The zero-order chi connectivity index (χ0) is 25.8. The van der Waals surface area contributed by atoms with Gasteiger partial charge < -0.3 is 9.47 Å². The molecule has 2 atom stereocenters.